The van der Waals surface area contributed by atoms with E-state index in [1.807, 2.05) is 6.92 Å². The molecule has 0 bridgehead atoms. The van der Waals surface area contributed by atoms with Crippen LogP contribution in [0.5, 0.6) is 0 Å². The Bertz CT molecular complexity index is 675. The molecule has 0 saturated carbocycles. The largest absolute Gasteiger partial charge is 0.418 e. The van der Waals surface area contributed by atoms with Crippen molar-refractivity contribution >= 4 is 39.8 Å². The first kappa shape index (κ1) is 17.5. The lowest BCUT2D eigenvalue weighted by molar-refractivity contribution is -0.137. The van der Waals surface area contributed by atoms with E-state index in [0.29, 0.717) is 10.9 Å². The molecule has 5 nitrogen and oxygen atoms in total. The molecule has 23 heavy (non-hydrogen) atoms. The average Bonchev–Trinajstić information content (AvgIpc) is 2.92. The quantitative estimate of drug-likeness (QED) is 0.770. The van der Waals surface area contributed by atoms with Crippen LogP contribution in [-0.2, 0) is 11.0 Å². The summed E-state index contributed by atoms with van der Waals surface area (Å²) in [6.45, 7) is 2.35. The third-order valence-electron chi connectivity index (χ3n) is 2.58. The van der Waals surface area contributed by atoms with E-state index in [-0.39, 0.29) is 22.5 Å². The lowest BCUT2D eigenvalue weighted by Gasteiger charge is -2.12. The van der Waals surface area contributed by atoms with Crippen molar-refractivity contribution in [2.45, 2.75) is 17.4 Å². The summed E-state index contributed by atoms with van der Waals surface area (Å²) >= 11 is 2.27. The van der Waals surface area contributed by atoms with Crippen LogP contribution >= 0.6 is 23.1 Å². The molecule has 0 aliphatic carbocycles. The molecule has 2 N–H and O–H groups in total. The third kappa shape index (κ3) is 5.10. The molecule has 0 unspecified atom stereocenters. The predicted molar refractivity (Wildman–Crippen MR) is 84.0 cm³/mol. The second kappa shape index (κ2) is 7.64. The smallest absolute Gasteiger partial charge is 0.356 e. The summed E-state index contributed by atoms with van der Waals surface area (Å²) in [7, 11) is 0. The maximum atomic E-state index is 12.9. The van der Waals surface area contributed by atoms with E-state index < -0.39 is 11.7 Å². The van der Waals surface area contributed by atoms with Crippen molar-refractivity contribution in [1.82, 2.24) is 15.5 Å². The van der Waals surface area contributed by atoms with Gasteiger partial charge >= 0.3 is 6.18 Å². The van der Waals surface area contributed by atoms with Crippen LogP contribution in [-0.4, -0.2) is 28.4 Å². The number of halogens is 3. The Kier molecular flexibility index (Phi) is 5.83. The van der Waals surface area contributed by atoms with Gasteiger partial charge in [0, 0.05) is 6.54 Å². The number of benzene rings is 1. The summed E-state index contributed by atoms with van der Waals surface area (Å²) in [6.07, 6.45) is -4.45. The zero-order valence-corrected chi connectivity index (χ0v) is 13.6. The molecule has 0 fully saturated rings. The number of nitrogens with zero attached hydrogens (tertiary/aromatic N) is 2. The molecule has 0 aliphatic rings. The molecule has 10 heteroatoms. The van der Waals surface area contributed by atoms with Gasteiger partial charge in [-0.3, -0.25) is 4.79 Å². The Morgan fingerprint density at radius 3 is 2.74 bits per heavy atom. The molecule has 1 heterocycles. The number of thioether (sulfide) groups is 1. The Labute approximate surface area is 138 Å². The summed E-state index contributed by atoms with van der Waals surface area (Å²) in [4.78, 5) is 11.4. The number of carbonyl (C=O) groups excluding carboxylic acids is 1. The molecule has 1 amide bonds. The number of aromatic nitrogens is 2. The number of hydrogen-bond acceptors (Lipinski definition) is 6. The number of amides is 1. The standard InChI is InChI=1S/C13H13F3N4OS2/c1-2-17-10(21)7-22-12-20-19-11(23-12)18-9-6-4-3-5-8(9)13(14,15)16/h3-6H,2,7H2,1H3,(H,17,21)(H,18,19). The fourth-order valence-corrected chi connectivity index (χ4v) is 3.24. The van der Waals surface area contributed by atoms with Crippen LogP contribution in [0, 0.1) is 0 Å². The number of hydrogen-bond donors (Lipinski definition) is 2. The summed E-state index contributed by atoms with van der Waals surface area (Å²) in [5.74, 6) is 0.0475. The van der Waals surface area contributed by atoms with Gasteiger partial charge in [0.1, 0.15) is 0 Å². The molecule has 0 radical (unpaired) electrons. The SMILES string of the molecule is CCNC(=O)CSc1nnc(Nc2ccccc2C(F)(F)F)s1. The summed E-state index contributed by atoms with van der Waals surface area (Å²) < 4.78 is 39.3. The molecule has 2 aromatic rings. The van der Waals surface area contributed by atoms with Crippen molar-refractivity contribution in [3.05, 3.63) is 29.8 Å². The molecule has 0 atom stereocenters. The Morgan fingerprint density at radius 1 is 1.30 bits per heavy atom. The number of anilines is 2. The molecule has 124 valence electrons. The molecule has 1 aromatic heterocycles. The summed E-state index contributed by atoms with van der Waals surface area (Å²) in [5.41, 5.74) is -0.858. The van der Waals surface area contributed by atoms with Gasteiger partial charge in [0.05, 0.1) is 17.0 Å². The highest BCUT2D eigenvalue weighted by Gasteiger charge is 2.33. The first-order chi connectivity index (χ1) is 10.9. The lowest BCUT2D eigenvalue weighted by atomic mass is 10.2. The van der Waals surface area contributed by atoms with E-state index in [0.717, 1.165) is 17.4 Å². The van der Waals surface area contributed by atoms with Gasteiger partial charge in [0.2, 0.25) is 11.0 Å². The van der Waals surface area contributed by atoms with E-state index in [1.165, 1.54) is 30.0 Å². The van der Waals surface area contributed by atoms with Crippen LogP contribution in [0.15, 0.2) is 28.6 Å². The highest BCUT2D eigenvalue weighted by atomic mass is 32.2. The second-order valence-corrected chi connectivity index (χ2v) is 6.48. The number of carbonyl (C=O) groups is 1. The predicted octanol–water partition coefficient (Wildman–Crippen LogP) is 3.53. The molecule has 0 saturated heterocycles. The number of para-hydroxylation sites is 1. The van der Waals surface area contributed by atoms with Gasteiger partial charge in [-0.2, -0.15) is 13.2 Å². The minimum atomic E-state index is -4.45. The number of alkyl halides is 3. The number of rotatable bonds is 6. The zero-order valence-electron chi connectivity index (χ0n) is 12.0. The van der Waals surface area contributed by atoms with Gasteiger partial charge in [-0.15, -0.1) is 10.2 Å². The van der Waals surface area contributed by atoms with Crippen molar-refractivity contribution in [3.8, 4) is 0 Å². The first-order valence-corrected chi connectivity index (χ1v) is 8.36. The van der Waals surface area contributed by atoms with E-state index in [4.69, 9.17) is 0 Å². The van der Waals surface area contributed by atoms with E-state index >= 15 is 0 Å². The van der Waals surface area contributed by atoms with Crippen LogP contribution in [0.1, 0.15) is 12.5 Å². The molecule has 2 rings (SSSR count). The highest BCUT2D eigenvalue weighted by molar-refractivity contribution is 8.01. The van der Waals surface area contributed by atoms with Gasteiger partial charge in [0.25, 0.3) is 0 Å². The van der Waals surface area contributed by atoms with Gasteiger partial charge in [-0.05, 0) is 19.1 Å². The van der Waals surface area contributed by atoms with Crippen molar-refractivity contribution in [3.63, 3.8) is 0 Å². The Hall–Kier alpha value is -1.81. The van der Waals surface area contributed by atoms with Gasteiger partial charge in [0.15, 0.2) is 4.34 Å². The topological polar surface area (TPSA) is 66.9 Å². The van der Waals surface area contributed by atoms with Crippen LogP contribution in [0.25, 0.3) is 0 Å². The van der Waals surface area contributed by atoms with Gasteiger partial charge in [-0.1, -0.05) is 35.2 Å². The van der Waals surface area contributed by atoms with Crippen molar-refractivity contribution < 1.29 is 18.0 Å². The van der Waals surface area contributed by atoms with Gasteiger partial charge < -0.3 is 10.6 Å². The summed E-state index contributed by atoms with van der Waals surface area (Å²) in [5, 5.41) is 13.1. The van der Waals surface area contributed by atoms with E-state index in [1.54, 1.807) is 0 Å². The fourth-order valence-electron chi connectivity index (χ4n) is 1.65. The summed E-state index contributed by atoms with van der Waals surface area (Å²) in [6, 6.07) is 5.14. The number of nitrogens with one attached hydrogen (secondary N) is 2. The van der Waals surface area contributed by atoms with Crippen LogP contribution < -0.4 is 10.6 Å². The second-order valence-electron chi connectivity index (χ2n) is 4.28. The Morgan fingerprint density at radius 2 is 2.04 bits per heavy atom. The Balaban J connectivity index is 2.04. The maximum Gasteiger partial charge on any atom is 0.418 e. The van der Waals surface area contributed by atoms with Crippen LogP contribution in [0.3, 0.4) is 0 Å². The minimum Gasteiger partial charge on any atom is -0.356 e. The van der Waals surface area contributed by atoms with Crippen molar-refractivity contribution in [2.75, 3.05) is 17.6 Å². The lowest BCUT2D eigenvalue weighted by Crippen LogP contribution is -2.24. The van der Waals surface area contributed by atoms with E-state index in [9.17, 15) is 18.0 Å². The fraction of sp³-hybridized carbons (Fsp3) is 0.308. The molecule has 1 aromatic carbocycles. The van der Waals surface area contributed by atoms with Gasteiger partial charge in [-0.25, -0.2) is 0 Å². The van der Waals surface area contributed by atoms with E-state index in [2.05, 4.69) is 20.8 Å². The van der Waals surface area contributed by atoms with Crippen molar-refractivity contribution in [2.24, 2.45) is 0 Å². The van der Waals surface area contributed by atoms with Crippen molar-refractivity contribution in [1.29, 1.82) is 0 Å². The average molecular weight is 362 g/mol. The normalized spacial score (nSPS) is 11.3. The third-order valence-corrected chi connectivity index (χ3v) is 4.55. The van der Waals surface area contributed by atoms with Crippen LogP contribution in [0.4, 0.5) is 24.0 Å². The first-order valence-electron chi connectivity index (χ1n) is 6.56. The van der Waals surface area contributed by atoms with Crippen LogP contribution in [0.2, 0.25) is 0 Å². The highest BCUT2D eigenvalue weighted by Crippen LogP contribution is 2.36. The molecule has 0 aliphatic heterocycles. The molecule has 0 spiro atoms. The molecular weight excluding hydrogens is 349 g/mol. The minimum absolute atomic E-state index is 0.0866. The monoisotopic (exact) mass is 362 g/mol. The zero-order chi connectivity index (χ0) is 16.9. The molecular formula is C13H13F3N4OS2. The maximum absolute atomic E-state index is 12.9.